The van der Waals surface area contributed by atoms with Crippen molar-refractivity contribution >= 4 is 5.97 Å². The third-order valence-electron chi connectivity index (χ3n) is 4.32. The summed E-state index contributed by atoms with van der Waals surface area (Å²) in [5.41, 5.74) is 0. The first-order valence-electron chi connectivity index (χ1n) is 9.54. The van der Waals surface area contributed by atoms with Gasteiger partial charge in [0.25, 0.3) is 0 Å². The molecule has 23 heavy (non-hydrogen) atoms. The molecule has 4 nitrogen and oxygen atoms in total. The number of aliphatic hydroxyl groups excluding tert-OH is 1. The van der Waals surface area contributed by atoms with Crippen molar-refractivity contribution in [3.8, 4) is 0 Å². The number of esters is 1. The Morgan fingerprint density at radius 2 is 1.48 bits per heavy atom. The van der Waals surface area contributed by atoms with Crippen LogP contribution in [0.2, 0.25) is 0 Å². The van der Waals surface area contributed by atoms with Gasteiger partial charge < -0.3 is 9.84 Å². The maximum Gasteiger partial charge on any atom is 0.323 e. The zero-order valence-electron chi connectivity index (χ0n) is 15.9. The maximum absolute atomic E-state index is 11.9. The van der Waals surface area contributed by atoms with Crippen LogP contribution in [0.25, 0.3) is 0 Å². The first-order valence-corrected chi connectivity index (χ1v) is 9.54. The normalized spacial score (nSPS) is 14.0. The van der Waals surface area contributed by atoms with Gasteiger partial charge in [0, 0.05) is 0 Å². The fourth-order valence-electron chi connectivity index (χ4n) is 2.82. The van der Waals surface area contributed by atoms with Crippen molar-refractivity contribution in [1.82, 2.24) is 4.90 Å². The molecule has 0 aliphatic heterocycles. The van der Waals surface area contributed by atoms with Crippen molar-refractivity contribution in [1.29, 1.82) is 0 Å². The summed E-state index contributed by atoms with van der Waals surface area (Å²) in [6.07, 6.45) is 12.3. The molecular weight excluding hydrogens is 290 g/mol. The first-order chi connectivity index (χ1) is 11.0. The summed E-state index contributed by atoms with van der Waals surface area (Å²) < 4.78 is 5.07. The molecule has 0 saturated heterocycles. The number of likely N-dealkylation sites (N-methyl/N-ethyl adjacent to an activating group) is 1. The lowest BCUT2D eigenvalue weighted by molar-refractivity contribution is -0.149. The van der Waals surface area contributed by atoms with E-state index in [1.54, 1.807) is 0 Å². The van der Waals surface area contributed by atoms with Gasteiger partial charge in [-0.05, 0) is 33.9 Å². The van der Waals surface area contributed by atoms with Gasteiger partial charge in [0.05, 0.1) is 12.7 Å². The van der Waals surface area contributed by atoms with Crippen LogP contribution in [-0.2, 0) is 9.53 Å². The van der Waals surface area contributed by atoms with E-state index >= 15 is 0 Å². The minimum absolute atomic E-state index is 0.233. The fraction of sp³-hybridized carbons (Fsp3) is 0.947. The van der Waals surface area contributed by atoms with Gasteiger partial charge in [-0.3, -0.25) is 9.69 Å². The minimum Gasteiger partial charge on any atom is -0.465 e. The van der Waals surface area contributed by atoms with E-state index in [1.807, 2.05) is 25.9 Å². The van der Waals surface area contributed by atoms with E-state index in [-0.39, 0.29) is 12.0 Å². The molecule has 0 aromatic rings. The lowest BCUT2D eigenvalue weighted by atomic mass is 10.0. The molecule has 138 valence electrons. The third kappa shape index (κ3) is 12.5. The van der Waals surface area contributed by atoms with Crippen LogP contribution in [-0.4, -0.2) is 48.8 Å². The van der Waals surface area contributed by atoms with Crippen LogP contribution >= 0.6 is 0 Å². The Labute approximate surface area is 143 Å². The molecule has 0 spiro atoms. The number of unbranched alkanes of at least 4 members (excludes halogenated alkanes) is 8. The molecule has 0 aliphatic rings. The van der Waals surface area contributed by atoms with Crippen LogP contribution in [0.1, 0.15) is 84.5 Å². The van der Waals surface area contributed by atoms with E-state index in [9.17, 15) is 9.90 Å². The SMILES string of the molecule is CCCCCCCCCCCC(O)CC(C(=O)OCC)N(C)C. The number of ether oxygens (including phenoxy) is 1. The number of rotatable bonds is 15. The standard InChI is InChI=1S/C19H39NO3/c1-5-7-8-9-10-11-12-13-14-15-17(21)16-18(20(3)4)19(22)23-6-2/h17-18,21H,5-16H2,1-4H3. The molecule has 1 N–H and O–H groups in total. The molecule has 0 aliphatic carbocycles. The van der Waals surface area contributed by atoms with E-state index in [4.69, 9.17) is 4.74 Å². The van der Waals surface area contributed by atoms with Gasteiger partial charge in [-0.1, -0.05) is 64.7 Å². The number of carbonyl (C=O) groups excluding carboxylic acids is 1. The maximum atomic E-state index is 11.9. The van der Waals surface area contributed by atoms with E-state index in [0.717, 1.165) is 12.8 Å². The molecule has 0 amide bonds. The molecule has 0 aromatic heterocycles. The Morgan fingerprint density at radius 1 is 0.957 bits per heavy atom. The number of aliphatic hydroxyl groups is 1. The van der Waals surface area contributed by atoms with Crippen molar-refractivity contribution in [2.75, 3.05) is 20.7 Å². The predicted molar refractivity (Wildman–Crippen MR) is 96.6 cm³/mol. The largest absolute Gasteiger partial charge is 0.465 e. The quantitative estimate of drug-likeness (QED) is 0.362. The molecule has 0 rings (SSSR count). The van der Waals surface area contributed by atoms with Gasteiger partial charge in [-0.25, -0.2) is 0 Å². The fourth-order valence-corrected chi connectivity index (χ4v) is 2.82. The van der Waals surface area contributed by atoms with E-state index in [2.05, 4.69) is 6.92 Å². The van der Waals surface area contributed by atoms with Crippen molar-refractivity contribution in [3.05, 3.63) is 0 Å². The monoisotopic (exact) mass is 329 g/mol. The van der Waals surface area contributed by atoms with Gasteiger partial charge in [0.15, 0.2) is 0 Å². The molecule has 0 bridgehead atoms. The van der Waals surface area contributed by atoms with E-state index in [0.29, 0.717) is 13.0 Å². The number of carbonyl (C=O) groups is 1. The van der Waals surface area contributed by atoms with E-state index < -0.39 is 6.10 Å². The molecule has 0 aromatic carbocycles. The summed E-state index contributed by atoms with van der Waals surface area (Å²) in [7, 11) is 3.71. The van der Waals surface area contributed by atoms with Crippen LogP contribution in [0.4, 0.5) is 0 Å². The van der Waals surface area contributed by atoms with Crippen LogP contribution in [0.5, 0.6) is 0 Å². The molecule has 0 heterocycles. The second kappa shape index (κ2) is 14.9. The lowest BCUT2D eigenvalue weighted by Gasteiger charge is -2.24. The highest BCUT2D eigenvalue weighted by atomic mass is 16.5. The van der Waals surface area contributed by atoms with Gasteiger partial charge in [-0.15, -0.1) is 0 Å². The zero-order chi connectivity index (χ0) is 17.5. The number of hydrogen-bond acceptors (Lipinski definition) is 4. The van der Waals surface area contributed by atoms with Crippen LogP contribution in [0.15, 0.2) is 0 Å². The van der Waals surface area contributed by atoms with Gasteiger partial charge >= 0.3 is 5.97 Å². The summed E-state index contributed by atoms with van der Waals surface area (Å²) >= 11 is 0. The Morgan fingerprint density at radius 3 is 1.96 bits per heavy atom. The zero-order valence-corrected chi connectivity index (χ0v) is 15.9. The Balaban J connectivity index is 3.71. The topological polar surface area (TPSA) is 49.8 Å². The highest BCUT2D eigenvalue weighted by molar-refractivity contribution is 5.75. The van der Waals surface area contributed by atoms with Gasteiger partial charge in [-0.2, -0.15) is 0 Å². The second-order valence-electron chi connectivity index (χ2n) is 6.74. The van der Waals surface area contributed by atoms with Crippen LogP contribution in [0.3, 0.4) is 0 Å². The molecule has 4 heteroatoms. The molecule has 2 atom stereocenters. The van der Waals surface area contributed by atoms with Gasteiger partial charge in [0.1, 0.15) is 6.04 Å². The summed E-state index contributed by atoms with van der Waals surface area (Å²) in [5, 5.41) is 10.2. The summed E-state index contributed by atoms with van der Waals surface area (Å²) in [5.74, 6) is -0.233. The lowest BCUT2D eigenvalue weighted by Crippen LogP contribution is -2.39. The number of nitrogens with zero attached hydrogens (tertiary/aromatic N) is 1. The van der Waals surface area contributed by atoms with Crippen LogP contribution in [0, 0.1) is 0 Å². The van der Waals surface area contributed by atoms with Crippen molar-refractivity contribution in [3.63, 3.8) is 0 Å². The van der Waals surface area contributed by atoms with Crippen molar-refractivity contribution < 1.29 is 14.6 Å². The third-order valence-corrected chi connectivity index (χ3v) is 4.32. The predicted octanol–water partition coefficient (Wildman–Crippen LogP) is 4.15. The average molecular weight is 330 g/mol. The highest BCUT2D eigenvalue weighted by Gasteiger charge is 2.24. The smallest absolute Gasteiger partial charge is 0.323 e. The second-order valence-corrected chi connectivity index (χ2v) is 6.74. The first kappa shape index (κ1) is 22.4. The summed E-state index contributed by atoms with van der Waals surface area (Å²) in [4.78, 5) is 13.7. The highest BCUT2D eigenvalue weighted by Crippen LogP contribution is 2.14. The molecular formula is C19H39NO3. The van der Waals surface area contributed by atoms with Crippen molar-refractivity contribution in [2.45, 2.75) is 96.6 Å². The molecule has 0 fully saturated rings. The summed E-state index contributed by atoms with van der Waals surface area (Å²) in [6, 6.07) is -0.344. The Kier molecular flexibility index (Phi) is 14.6. The van der Waals surface area contributed by atoms with Crippen LogP contribution < -0.4 is 0 Å². The molecule has 2 unspecified atom stereocenters. The molecule has 0 saturated carbocycles. The average Bonchev–Trinajstić information content (AvgIpc) is 2.50. The van der Waals surface area contributed by atoms with Gasteiger partial charge in [0.2, 0.25) is 0 Å². The Hall–Kier alpha value is -0.610. The minimum atomic E-state index is -0.420. The summed E-state index contributed by atoms with van der Waals surface area (Å²) in [6.45, 7) is 4.44. The number of hydrogen-bond donors (Lipinski definition) is 1. The molecule has 0 radical (unpaired) electrons. The van der Waals surface area contributed by atoms with Crippen molar-refractivity contribution in [2.24, 2.45) is 0 Å². The Bertz CT molecular complexity index is 282. The van der Waals surface area contributed by atoms with E-state index in [1.165, 1.54) is 51.4 Å².